The second-order valence-corrected chi connectivity index (χ2v) is 3.49. The molecule has 1 aromatic carbocycles. The highest BCUT2D eigenvalue weighted by atomic mass is 35.5. The van der Waals surface area contributed by atoms with Crippen molar-refractivity contribution in [3.63, 3.8) is 0 Å². The molecule has 15 heavy (non-hydrogen) atoms. The van der Waals surface area contributed by atoms with E-state index in [1.54, 1.807) is 24.3 Å². The van der Waals surface area contributed by atoms with E-state index in [2.05, 4.69) is 5.32 Å². The van der Waals surface area contributed by atoms with Gasteiger partial charge in [-0.2, -0.15) is 0 Å². The molecule has 5 heteroatoms. The predicted octanol–water partition coefficient (Wildman–Crippen LogP) is 2.07. The average Bonchev–Trinajstić information content (AvgIpc) is 2.26. The number of rotatable bonds is 5. The zero-order valence-electron chi connectivity index (χ0n) is 8.00. The molecule has 82 valence electrons. The zero-order valence-corrected chi connectivity index (χ0v) is 9.52. The van der Waals surface area contributed by atoms with Gasteiger partial charge in [0.25, 0.3) is 0 Å². The summed E-state index contributed by atoms with van der Waals surface area (Å²) in [6.07, 6.45) is 0. The number of ether oxygens (including phenoxy) is 1. The molecular formula is C10H11Cl2NO2. The third-order valence-electron chi connectivity index (χ3n) is 1.63. The Kier molecular flexibility index (Phi) is 5.29. The van der Waals surface area contributed by atoms with Crippen LogP contribution in [0.4, 0.5) is 0 Å². The van der Waals surface area contributed by atoms with Gasteiger partial charge >= 0.3 is 0 Å². The topological polar surface area (TPSA) is 38.3 Å². The Labute approximate surface area is 98.3 Å². The fourth-order valence-corrected chi connectivity index (χ4v) is 1.16. The van der Waals surface area contributed by atoms with Crippen LogP contribution in [0.3, 0.4) is 0 Å². The number of amides is 1. The van der Waals surface area contributed by atoms with Crippen molar-refractivity contribution in [2.24, 2.45) is 0 Å². The van der Waals surface area contributed by atoms with Crippen molar-refractivity contribution in [2.75, 3.05) is 19.0 Å². The van der Waals surface area contributed by atoms with E-state index in [9.17, 15) is 4.79 Å². The summed E-state index contributed by atoms with van der Waals surface area (Å²) < 4.78 is 5.34. The Balaban J connectivity index is 2.20. The first-order chi connectivity index (χ1) is 7.22. The number of carbonyl (C=O) groups excluding carboxylic acids is 1. The van der Waals surface area contributed by atoms with E-state index in [1.807, 2.05) is 0 Å². The number of carbonyl (C=O) groups is 1. The predicted molar refractivity (Wildman–Crippen MR) is 60.7 cm³/mol. The number of hydrogen-bond acceptors (Lipinski definition) is 2. The van der Waals surface area contributed by atoms with Crippen molar-refractivity contribution in [1.82, 2.24) is 5.32 Å². The molecule has 1 N–H and O–H groups in total. The van der Waals surface area contributed by atoms with Crippen molar-refractivity contribution >= 4 is 29.1 Å². The van der Waals surface area contributed by atoms with Gasteiger partial charge < -0.3 is 10.1 Å². The number of benzene rings is 1. The third-order valence-corrected chi connectivity index (χ3v) is 2.12. The first-order valence-corrected chi connectivity index (χ1v) is 5.34. The summed E-state index contributed by atoms with van der Waals surface area (Å²) in [7, 11) is 0. The Bertz CT molecular complexity index is 314. The molecule has 0 aliphatic heterocycles. The maximum absolute atomic E-state index is 10.8. The van der Waals surface area contributed by atoms with Gasteiger partial charge in [-0.1, -0.05) is 11.6 Å². The molecule has 0 radical (unpaired) electrons. The van der Waals surface area contributed by atoms with Crippen LogP contribution in [0.1, 0.15) is 0 Å². The van der Waals surface area contributed by atoms with Crippen molar-refractivity contribution < 1.29 is 9.53 Å². The normalized spacial score (nSPS) is 9.73. The summed E-state index contributed by atoms with van der Waals surface area (Å²) in [4.78, 5) is 10.8. The van der Waals surface area contributed by atoms with Crippen LogP contribution in [0.5, 0.6) is 5.75 Å². The lowest BCUT2D eigenvalue weighted by Crippen LogP contribution is -2.28. The molecule has 0 bridgehead atoms. The standard InChI is InChI=1S/C10H11Cl2NO2/c11-7-10(14)13-5-6-15-9-3-1-8(12)2-4-9/h1-4H,5-7H2,(H,13,14). The molecule has 0 atom stereocenters. The van der Waals surface area contributed by atoms with Crippen molar-refractivity contribution in [2.45, 2.75) is 0 Å². The van der Waals surface area contributed by atoms with E-state index in [1.165, 1.54) is 0 Å². The first-order valence-electron chi connectivity index (χ1n) is 4.43. The molecule has 3 nitrogen and oxygen atoms in total. The smallest absolute Gasteiger partial charge is 0.235 e. The molecule has 0 unspecified atom stereocenters. The molecule has 0 fully saturated rings. The first kappa shape index (κ1) is 12.1. The van der Waals surface area contributed by atoms with Gasteiger partial charge in [-0.05, 0) is 24.3 Å². The minimum atomic E-state index is -0.198. The third kappa shape index (κ3) is 4.91. The summed E-state index contributed by atoms with van der Waals surface area (Å²) >= 11 is 11.0. The highest BCUT2D eigenvalue weighted by Gasteiger charge is 1.97. The Morgan fingerprint density at radius 3 is 2.60 bits per heavy atom. The van der Waals surface area contributed by atoms with E-state index in [0.29, 0.717) is 18.2 Å². The molecule has 0 heterocycles. The SMILES string of the molecule is O=C(CCl)NCCOc1ccc(Cl)cc1. The molecule has 1 aromatic rings. The highest BCUT2D eigenvalue weighted by molar-refractivity contribution is 6.30. The molecule has 0 aliphatic carbocycles. The van der Waals surface area contributed by atoms with Gasteiger partial charge in [0.15, 0.2) is 0 Å². The lowest BCUT2D eigenvalue weighted by atomic mass is 10.3. The van der Waals surface area contributed by atoms with Crippen molar-refractivity contribution in [3.05, 3.63) is 29.3 Å². The van der Waals surface area contributed by atoms with Crippen LogP contribution in [-0.2, 0) is 4.79 Å². The lowest BCUT2D eigenvalue weighted by Gasteiger charge is -2.06. The largest absolute Gasteiger partial charge is 0.492 e. The van der Waals surface area contributed by atoms with Crippen molar-refractivity contribution in [1.29, 1.82) is 0 Å². The van der Waals surface area contributed by atoms with E-state index in [4.69, 9.17) is 27.9 Å². The number of alkyl halides is 1. The number of hydrogen-bond donors (Lipinski definition) is 1. The van der Waals surface area contributed by atoms with Gasteiger partial charge in [-0.3, -0.25) is 4.79 Å². The molecule has 0 aromatic heterocycles. The van der Waals surface area contributed by atoms with Gasteiger partial charge in [0.05, 0.1) is 6.54 Å². The highest BCUT2D eigenvalue weighted by Crippen LogP contribution is 2.14. The van der Waals surface area contributed by atoms with Crippen LogP contribution in [0.15, 0.2) is 24.3 Å². The van der Waals surface area contributed by atoms with Crippen LogP contribution in [0, 0.1) is 0 Å². The molecule has 1 rings (SSSR count). The Morgan fingerprint density at radius 2 is 2.00 bits per heavy atom. The summed E-state index contributed by atoms with van der Waals surface area (Å²) in [5.41, 5.74) is 0. The Morgan fingerprint density at radius 1 is 1.33 bits per heavy atom. The molecule has 0 spiro atoms. The van der Waals surface area contributed by atoms with Gasteiger partial charge in [0.2, 0.25) is 5.91 Å². The quantitative estimate of drug-likeness (QED) is 0.639. The maximum Gasteiger partial charge on any atom is 0.235 e. The summed E-state index contributed by atoms with van der Waals surface area (Å²) in [5, 5.41) is 3.26. The van der Waals surface area contributed by atoms with Crippen LogP contribution >= 0.6 is 23.2 Å². The number of nitrogens with one attached hydrogen (secondary N) is 1. The van der Waals surface area contributed by atoms with Crippen LogP contribution in [-0.4, -0.2) is 24.9 Å². The summed E-state index contributed by atoms with van der Waals surface area (Å²) in [6, 6.07) is 7.03. The van der Waals surface area contributed by atoms with E-state index >= 15 is 0 Å². The second kappa shape index (κ2) is 6.53. The lowest BCUT2D eigenvalue weighted by molar-refractivity contribution is -0.118. The van der Waals surface area contributed by atoms with E-state index < -0.39 is 0 Å². The minimum absolute atomic E-state index is 0.0268. The Hall–Kier alpha value is -0.930. The maximum atomic E-state index is 10.8. The molecule has 0 saturated heterocycles. The zero-order chi connectivity index (χ0) is 11.1. The van der Waals surface area contributed by atoms with Crippen molar-refractivity contribution in [3.8, 4) is 5.75 Å². The summed E-state index contributed by atoms with van der Waals surface area (Å²) in [5.74, 6) is 0.497. The van der Waals surface area contributed by atoms with Crippen LogP contribution in [0.25, 0.3) is 0 Å². The van der Waals surface area contributed by atoms with Gasteiger partial charge in [-0.25, -0.2) is 0 Å². The van der Waals surface area contributed by atoms with Crippen LogP contribution in [0.2, 0.25) is 5.02 Å². The summed E-state index contributed by atoms with van der Waals surface area (Å²) in [6.45, 7) is 0.846. The van der Waals surface area contributed by atoms with Gasteiger partial charge in [0, 0.05) is 5.02 Å². The van der Waals surface area contributed by atoms with Crippen LogP contribution < -0.4 is 10.1 Å². The van der Waals surface area contributed by atoms with E-state index in [0.717, 1.165) is 5.75 Å². The van der Waals surface area contributed by atoms with E-state index in [-0.39, 0.29) is 11.8 Å². The molecular weight excluding hydrogens is 237 g/mol. The monoisotopic (exact) mass is 247 g/mol. The second-order valence-electron chi connectivity index (χ2n) is 2.79. The molecule has 1 amide bonds. The number of halogens is 2. The molecule has 0 aliphatic rings. The molecule has 0 saturated carbocycles. The average molecular weight is 248 g/mol. The fourth-order valence-electron chi connectivity index (χ4n) is 0.937. The minimum Gasteiger partial charge on any atom is -0.492 e. The van der Waals surface area contributed by atoms with Gasteiger partial charge in [0.1, 0.15) is 18.2 Å². The fraction of sp³-hybridized carbons (Fsp3) is 0.300. The van der Waals surface area contributed by atoms with Gasteiger partial charge in [-0.15, -0.1) is 11.6 Å².